The Hall–Kier alpha value is -3.43. The predicted molar refractivity (Wildman–Crippen MR) is 110 cm³/mol. The molecule has 1 amide bonds. The van der Waals surface area contributed by atoms with Crippen LogP contribution in [0.15, 0.2) is 24.7 Å². The Kier molecular flexibility index (Phi) is 4.84. The van der Waals surface area contributed by atoms with Crippen molar-refractivity contribution < 1.29 is 18.7 Å². The lowest BCUT2D eigenvalue weighted by Crippen LogP contribution is -2.43. The largest absolute Gasteiger partial charge is 0.486 e. The maximum atomic E-state index is 14.1. The van der Waals surface area contributed by atoms with Gasteiger partial charge < -0.3 is 19.7 Å². The highest BCUT2D eigenvalue weighted by Crippen LogP contribution is 2.36. The molecule has 0 saturated heterocycles. The number of hydrogen-bond acceptors (Lipinski definition) is 7. The molecular weight excluding hydrogens is 403 g/mol. The van der Waals surface area contributed by atoms with Crippen molar-refractivity contribution in [3.8, 4) is 11.6 Å². The van der Waals surface area contributed by atoms with E-state index in [2.05, 4.69) is 27.2 Å². The van der Waals surface area contributed by atoms with Crippen LogP contribution in [0.1, 0.15) is 42.6 Å². The van der Waals surface area contributed by atoms with E-state index in [0.29, 0.717) is 60.4 Å². The maximum absolute atomic E-state index is 14.1. The summed E-state index contributed by atoms with van der Waals surface area (Å²) in [7, 11) is 0. The zero-order valence-electron chi connectivity index (χ0n) is 17.3. The van der Waals surface area contributed by atoms with Gasteiger partial charge in [-0.15, -0.1) is 0 Å². The van der Waals surface area contributed by atoms with Gasteiger partial charge in [0, 0.05) is 18.0 Å². The number of hydrogen-bond donors (Lipinski definition) is 1. The summed E-state index contributed by atoms with van der Waals surface area (Å²) in [5.74, 6) is 0.848. The Bertz CT molecular complexity index is 1150. The molecule has 0 aliphatic carbocycles. The molecule has 5 heterocycles. The van der Waals surface area contributed by atoms with Crippen LogP contribution in [0.3, 0.4) is 0 Å². The molecule has 2 aliphatic rings. The van der Waals surface area contributed by atoms with Crippen molar-refractivity contribution >= 4 is 17.4 Å². The monoisotopic (exact) mass is 426 g/mol. The average molecular weight is 426 g/mol. The van der Waals surface area contributed by atoms with Crippen LogP contribution in [0, 0.1) is 5.82 Å². The number of rotatable bonds is 1. The quantitative estimate of drug-likeness (QED) is 0.638. The molecule has 2 aliphatic heterocycles. The van der Waals surface area contributed by atoms with Gasteiger partial charge in [0.2, 0.25) is 5.88 Å². The second-order valence-electron chi connectivity index (χ2n) is 7.89. The number of nitrogens with zero attached hydrogens (tertiary/aromatic N) is 5. The molecule has 1 N–H and O–H groups in total. The van der Waals surface area contributed by atoms with Crippen molar-refractivity contribution in [2.24, 2.45) is 0 Å². The Balaban J connectivity index is 1.68. The first kappa shape index (κ1) is 19.5. The molecule has 2 atom stereocenters. The molecule has 3 aromatic rings. The van der Waals surface area contributed by atoms with Crippen LogP contribution in [0.2, 0.25) is 0 Å². The number of aromatic nitrogens is 4. The van der Waals surface area contributed by atoms with Crippen LogP contribution < -0.4 is 19.7 Å². The molecule has 0 saturated carbocycles. The molecule has 162 valence electrons. The number of anilines is 1. The van der Waals surface area contributed by atoms with Crippen LogP contribution in [-0.2, 0) is 6.54 Å². The minimum absolute atomic E-state index is 0.0201. The summed E-state index contributed by atoms with van der Waals surface area (Å²) in [6.45, 7) is 5.11. The van der Waals surface area contributed by atoms with Crippen LogP contribution >= 0.6 is 0 Å². The van der Waals surface area contributed by atoms with Crippen molar-refractivity contribution in [1.29, 1.82) is 0 Å². The number of pyridine rings is 1. The standard InChI is InChI=1S/C21H23FN6O3/c1-3-15-11-31-17-10-28-18-16(8-24-28)20(29)25-12(2)4-5-30-21-13(6-14(22)7-23-21)9-27(15)19(17)26-18/h6-8,10,12,15H,3-5,9,11H2,1-2H3,(H,25,29)/t12-,15+/m0/s1. The predicted octanol–water partition coefficient (Wildman–Crippen LogP) is 2.34. The lowest BCUT2D eigenvalue weighted by molar-refractivity contribution is 0.0936. The van der Waals surface area contributed by atoms with E-state index in [-0.39, 0.29) is 18.0 Å². The fourth-order valence-electron chi connectivity index (χ4n) is 3.95. The second-order valence-corrected chi connectivity index (χ2v) is 7.89. The molecular formula is C21H23FN6O3. The molecule has 0 fully saturated rings. The summed E-state index contributed by atoms with van der Waals surface area (Å²) in [6, 6.07) is 1.33. The van der Waals surface area contributed by atoms with Gasteiger partial charge in [-0.1, -0.05) is 6.92 Å². The molecule has 0 spiro atoms. The van der Waals surface area contributed by atoms with Crippen molar-refractivity contribution in [3.63, 3.8) is 0 Å². The summed E-state index contributed by atoms with van der Waals surface area (Å²) in [6.07, 6.45) is 5.76. The minimum atomic E-state index is -0.424. The van der Waals surface area contributed by atoms with Gasteiger partial charge in [-0.05, 0) is 19.4 Å². The van der Waals surface area contributed by atoms with Crippen LogP contribution in [0.5, 0.6) is 11.6 Å². The Labute approximate surface area is 178 Å². The molecule has 2 bridgehead atoms. The van der Waals surface area contributed by atoms with Gasteiger partial charge >= 0.3 is 0 Å². The summed E-state index contributed by atoms with van der Waals surface area (Å²) < 4.78 is 27.4. The SMILES string of the molecule is CC[C@@H]1COc2cn3ncc4c3nc2N1Cc1cc(F)cnc1OCC[C@H](C)NC4=O. The third-order valence-corrected chi connectivity index (χ3v) is 5.70. The Morgan fingerprint density at radius 1 is 1.32 bits per heavy atom. The van der Waals surface area contributed by atoms with Crippen molar-refractivity contribution in [2.45, 2.75) is 45.3 Å². The van der Waals surface area contributed by atoms with E-state index in [1.807, 2.05) is 6.92 Å². The maximum Gasteiger partial charge on any atom is 0.256 e. The smallest absolute Gasteiger partial charge is 0.256 e. The number of halogens is 1. The lowest BCUT2D eigenvalue weighted by Gasteiger charge is -2.37. The minimum Gasteiger partial charge on any atom is -0.486 e. The number of carbonyl (C=O) groups is 1. The van der Waals surface area contributed by atoms with Gasteiger partial charge in [-0.25, -0.2) is 18.9 Å². The van der Waals surface area contributed by atoms with Crippen molar-refractivity contribution in [2.75, 3.05) is 18.1 Å². The molecule has 3 aromatic heterocycles. The zero-order chi connectivity index (χ0) is 21.5. The Morgan fingerprint density at radius 2 is 2.19 bits per heavy atom. The van der Waals surface area contributed by atoms with Gasteiger partial charge in [0.1, 0.15) is 18.0 Å². The van der Waals surface area contributed by atoms with E-state index in [0.717, 1.165) is 12.6 Å². The number of ether oxygens (including phenoxy) is 2. The third kappa shape index (κ3) is 3.51. The first-order chi connectivity index (χ1) is 15.0. The highest BCUT2D eigenvalue weighted by atomic mass is 19.1. The highest BCUT2D eigenvalue weighted by Gasteiger charge is 2.31. The van der Waals surface area contributed by atoms with E-state index < -0.39 is 5.82 Å². The lowest BCUT2D eigenvalue weighted by atomic mass is 10.1. The van der Waals surface area contributed by atoms with Gasteiger partial charge in [-0.3, -0.25) is 4.79 Å². The van der Waals surface area contributed by atoms with Crippen LogP contribution in [-0.4, -0.2) is 50.8 Å². The van der Waals surface area contributed by atoms with Gasteiger partial charge in [0.15, 0.2) is 17.2 Å². The number of carbonyl (C=O) groups excluding carboxylic acids is 1. The molecule has 10 heteroatoms. The molecule has 0 aromatic carbocycles. The molecule has 0 unspecified atom stereocenters. The molecule has 31 heavy (non-hydrogen) atoms. The topological polar surface area (TPSA) is 93.9 Å². The van der Waals surface area contributed by atoms with Crippen LogP contribution in [0.25, 0.3) is 5.65 Å². The molecule has 9 nitrogen and oxygen atoms in total. The summed E-state index contributed by atoms with van der Waals surface area (Å²) in [4.78, 5) is 23.8. The first-order valence-corrected chi connectivity index (χ1v) is 10.4. The summed E-state index contributed by atoms with van der Waals surface area (Å²) >= 11 is 0. The second kappa shape index (κ2) is 7.68. The van der Waals surface area contributed by atoms with E-state index >= 15 is 0 Å². The number of nitrogens with one attached hydrogen (secondary N) is 1. The zero-order valence-corrected chi connectivity index (χ0v) is 17.3. The van der Waals surface area contributed by atoms with E-state index in [1.54, 1.807) is 10.7 Å². The van der Waals surface area contributed by atoms with Gasteiger partial charge in [0.25, 0.3) is 5.91 Å². The summed E-state index contributed by atoms with van der Waals surface area (Å²) in [5.41, 5.74) is 1.47. The van der Waals surface area contributed by atoms with E-state index in [9.17, 15) is 9.18 Å². The highest BCUT2D eigenvalue weighted by molar-refractivity contribution is 6.00. The average Bonchev–Trinajstić information content (AvgIpc) is 3.16. The Morgan fingerprint density at radius 3 is 3.03 bits per heavy atom. The fourth-order valence-corrected chi connectivity index (χ4v) is 3.95. The molecule has 0 radical (unpaired) electrons. The fraction of sp³-hybridized carbons (Fsp3) is 0.429. The first-order valence-electron chi connectivity index (χ1n) is 10.4. The number of amides is 1. The van der Waals surface area contributed by atoms with E-state index in [1.165, 1.54) is 12.3 Å². The van der Waals surface area contributed by atoms with E-state index in [4.69, 9.17) is 14.5 Å². The van der Waals surface area contributed by atoms with Crippen molar-refractivity contribution in [3.05, 3.63) is 41.6 Å². The third-order valence-electron chi connectivity index (χ3n) is 5.70. The number of fused-ring (bicyclic) bond motifs is 1. The normalized spacial score (nSPS) is 21.1. The molecule has 5 rings (SSSR count). The summed E-state index contributed by atoms with van der Waals surface area (Å²) in [5, 5.41) is 7.24. The van der Waals surface area contributed by atoms with Gasteiger partial charge in [0.05, 0.1) is 37.8 Å². The van der Waals surface area contributed by atoms with Crippen molar-refractivity contribution in [1.82, 2.24) is 24.9 Å². The van der Waals surface area contributed by atoms with Crippen LogP contribution in [0.4, 0.5) is 10.2 Å². The van der Waals surface area contributed by atoms with Gasteiger partial charge in [-0.2, -0.15) is 5.10 Å².